The minimum Gasteiger partial charge on any atom is -0.467 e. The molecule has 20 heavy (non-hydrogen) atoms. The smallest absolute Gasteiger partial charge is 0.338 e. The maximum atomic E-state index is 12.2. The summed E-state index contributed by atoms with van der Waals surface area (Å²) in [7, 11) is 0. The molecule has 2 rings (SSSR count). The van der Waals surface area contributed by atoms with E-state index in [2.05, 4.69) is 10.6 Å². The van der Waals surface area contributed by atoms with E-state index in [1.54, 1.807) is 19.1 Å². The van der Waals surface area contributed by atoms with Gasteiger partial charge in [-0.05, 0) is 25.5 Å². The molecular formula is C14H18N2O4. The molecule has 0 fully saturated rings. The Bertz CT molecular complexity index is 519. The van der Waals surface area contributed by atoms with Crippen LogP contribution in [-0.2, 0) is 9.53 Å². The van der Waals surface area contributed by atoms with Gasteiger partial charge in [0.1, 0.15) is 11.8 Å². The number of ether oxygens (including phenoxy) is 1. The van der Waals surface area contributed by atoms with Crippen molar-refractivity contribution in [2.75, 3.05) is 6.61 Å². The summed E-state index contributed by atoms with van der Waals surface area (Å²) in [5, 5.41) is 5.25. The van der Waals surface area contributed by atoms with Gasteiger partial charge in [0.05, 0.1) is 18.4 Å². The molecule has 2 amide bonds. The van der Waals surface area contributed by atoms with Crippen molar-refractivity contribution >= 4 is 12.0 Å². The lowest BCUT2D eigenvalue weighted by Gasteiger charge is -2.26. The summed E-state index contributed by atoms with van der Waals surface area (Å²) in [5.41, 5.74) is 0.854. The van der Waals surface area contributed by atoms with Crippen molar-refractivity contribution in [3.05, 3.63) is 35.4 Å². The number of carbonyl (C=O) groups excluding carboxylic acids is 2. The Morgan fingerprint density at radius 3 is 2.95 bits per heavy atom. The van der Waals surface area contributed by atoms with Crippen LogP contribution in [0.5, 0.6) is 0 Å². The zero-order valence-electron chi connectivity index (χ0n) is 11.6. The van der Waals surface area contributed by atoms with E-state index in [4.69, 9.17) is 9.15 Å². The first kappa shape index (κ1) is 14.2. The van der Waals surface area contributed by atoms with Gasteiger partial charge in [-0.15, -0.1) is 0 Å². The molecule has 1 aliphatic heterocycles. The van der Waals surface area contributed by atoms with Crippen LogP contribution in [-0.4, -0.2) is 18.6 Å². The number of hydrogen-bond acceptors (Lipinski definition) is 4. The number of amides is 2. The van der Waals surface area contributed by atoms with E-state index in [9.17, 15) is 9.59 Å². The number of unbranched alkanes of at least 4 members (excludes halogenated alkanes) is 1. The normalized spacial score (nSPS) is 18.5. The number of rotatable bonds is 5. The Balaban J connectivity index is 2.22. The molecule has 108 valence electrons. The molecule has 6 heteroatoms. The molecule has 1 aromatic rings. The Kier molecular flexibility index (Phi) is 4.45. The summed E-state index contributed by atoms with van der Waals surface area (Å²) in [5.74, 6) is 0.0616. The first-order chi connectivity index (χ1) is 9.63. The van der Waals surface area contributed by atoms with Crippen molar-refractivity contribution in [2.24, 2.45) is 0 Å². The maximum Gasteiger partial charge on any atom is 0.338 e. The van der Waals surface area contributed by atoms with Crippen molar-refractivity contribution in [1.82, 2.24) is 10.6 Å². The van der Waals surface area contributed by atoms with Crippen molar-refractivity contribution in [1.29, 1.82) is 0 Å². The molecular weight excluding hydrogens is 260 g/mol. The number of furan rings is 1. The zero-order valence-corrected chi connectivity index (χ0v) is 11.6. The maximum absolute atomic E-state index is 12.2. The van der Waals surface area contributed by atoms with Crippen LogP contribution in [0.1, 0.15) is 38.5 Å². The Morgan fingerprint density at radius 1 is 1.50 bits per heavy atom. The third-order valence-electron chi connectivity index (χ3n) is 3.05. The highest BCUT2D eigenvalue weighted by Gasteiger charge is 2.33. The predicted molar refractivity (Wildman–Crippen MR) is 71.7 cm³/mol. The summed E-state index contributed by atoms with van der Waals surface area (Å²) in [6.07, 6.45) is 3.25. The van der Waals surface area contributed by atoms with E-state index in [1.165, 1.54) is 6.26 Å². The van der Waals surface area contributed by atoms with E-state index in [0.717, 1.165) is 12.8 Å². The monoisotopic (exact) mass is 278 g/mol. The van der Waals surface area contributed by atoms with Gasteiger partial charge in [-0.3, -0.25) is 0 Å². The predicted octanol–water partition coefficient (Wildman–Crippen LogP) is 2.25. The lowest BCUT2D eigenvalue weighted by atomic mass is 10.0. The number of nitrogens with one attached hydrogen (secondary N) is 2. The molecule has 2 heterocycles. The average Bonchev–Trinajstić information content (AvgIpc) is 2.91. The van der Waals surface area contributed by atoms with Crippen LogP contribution in [0.15, 0.2) is 34.1 Å². The van der Waals surface area contributed by atoms with Gasteiger partial charge in [-0.25, -0.2) is 9.59 Å². The SMILES string of the molecule is CCCCOC(=O)C1=C(C)NC(=O)N[C@@H]1c1ccco1. The van der Waals surface area contributed by atoms with Gasteiger partial charge >= 0.3 is 12.0 Å². The quantitative estimate of drug-likeness (QED) is 0.639. The first-order valence-electron chi connectivity index (χ1n) is 6.62. The molecule has 2 N–H and O–H groups in total. The molecule has 0 saturated carbocycles. The highest BCUT2D eigenvalue weighted by molar-refractivity contribution is 5.94. The lowest BCUT2D eigenvalue weighted by Crippen LogP contribution is -2.45. The molecule has 6 nitrogen and oxygen atoms in total. The lowest BCUT2D eigenvalue weighted by molar-refractivity contribution is -0.139. The van der Waals surface area contributed by atoms with E-state index < -0.39 is 12.0 Å². The van der Waals surface area contributed by atoms with Crippen LogP contribution in [0, 0.1) is 0 Å². The van der Waals surface area contributed by atoms with Gasteiger partial charge in [0.25, 0.3) is 0 Å². The van der Waals surface area contributed by atoms with Gasteiger partial charge in [0, 0.05) is 5.70 Å². The molecule has 0 bridgehead atoms. The largest absolute Gasteiger partial charge is 0.467 e. The van der Waals surface area contributed by atoms with Crippen molar-refractivity contribution < 1.29 is 18.7 Å². The zero-order chi connectivity index (χ0) is 14.5. The van der Waals surface area contributed by atoms with Crippen LogP contribution in [0.3, 0.4) is 0 Å². The number of urea groups is 1. The minimum absolute atomic E-state index is 0.366. The van der Waals surface area contributed by atoms with E-state index >= 15 is 0 Å². The first-order valence-corrected chi connectivity index (χ1v) is 6.62. The van der Waals surface area contributed by atoms with Crippen LogP contribution < -0.4 is 10.6 Å². The van der Waals surface area contributed by atoms with Crippen LogP contribution in [0.2, 0.25) is 0 Å². The topological polar surface area (TPSA) is 80.6 Å². The molecule has 0 unspecified atom stereocenters. The van der Waals surface area contributed by atoms with Gasteiger partial charge < -0.3 is 19.8 Å². The van der Waals surface area contributed by atoms with Gasteiger partial charge in [0.15, 0.2) is 0 Å². The fraction of sp³-hybridized carbons (Fsp3) is 0.429. The second-order valence-corrected chi connectivity index (χ2v) is 4.58. The van der Waals surface area contributed by atoms with Crippen LogP contribution in [0.25, 0.3) is 0 Å². The number of hydrogen-bond donors (Lipinski definition) is 2. The molecule has 0 spiro atoms. The second kappa shape index (κ2) is 6.27. The molecule has 1 aliphatic rings. The average molecular weight is 278 g/mol. The second-order valence-electron chi connectivity index (χ2n) is 4.58. The fourth-order valence-electron chi connectivity index (χ4n) is 2.02. The fourth-order valence-corrected chi connectivity index (χ4v) is 2.02. The molecule has 0 saturated heterocycles. The van der Waals surface area contributed by atoms with Crippen LogP contribution >= 0.6 is 0 Å². The van der Waals surface area contributed by atoms with Crippen molar-refractivity contribution in [3.63, 3.8) is 0 Å². The van der Waals surface area contributed by atoms with Gasteiger partial charge in [0.2, 0.25) is 0 Å². The van der Waals surface area contributed by atoms with E-state index in [0.29, 0.717) is 23.6 Å². The summed E-state index contributed by atoms with van der Waals surface area (Å²) < 4.78 is 10.5. The summed E-state index contributed by atoms with van der Waals surface area (Å²) in [6, 6.07) is 2.43. The molecule has 1 aromatic heterocycles. The van der Waals surface area contributed by atoms with E-state index in [-0.39, 0.29) is 6.03 Å². The summed E-state index contributed by atoms with van der Waals surface area (Å²) >= 11 is 0. The third kappa shape index (κ3) is 3.01. The Hall–Kier alpha value is -2.24. The van der Waals surface area contributed by atoms with Gasteiger partial charge in [-0.2, -0.15) is 0 Å². The summed E-state index contributed by atoms with van der Waals surface area (Å²) in [6.45, 7) is 4.06. The summed E-state index contributed by atoms with van der Waals surface area (Å²) in [4.78, 5) is 23.7. The molecule has 1 atom stereocenters. The number of allylic oxidation sites excluding steroid dienone is 1. The Morgan fingerprint density at radius 2 is 2.30 bits per heavy atom. The highest BCUT2D eigenvalue weighted by atomic mass is 16.5. The molecule has 0 radical (unpaired) electrons. The van der Waals surface area contributed by atoms with Crippen LogP contribution in [0.4, 0.5) is 4.79 Å². The van der Waals surface area contributed by atoms with E-state index in [1.807, 2.05) is 6.92 Å². The van der Waals surface area contributed by atoms with Crippen molar-refractivity contribution in [3.8, 4) is 0 Å². The van der Waals surface area contributed by atoms with Crippen molar-refractivity contribution in [2.45, 2.75) is 32.7 Å². The number of esters is 1. The standard InChI is InChI=1S/C14H18N2O4/c1-3-4-7-20-13(17)11-9(2)15-14(18)16-12(11)10-6-5-8-19-10/h5-6,8,12H,3-4,7H2,1-2H3,(H2,15,16,18)/t12-/m1/s1. The third-order valence-corrected chi connectivity index (χ3v) is 3.05. The van der Waals surface area contributed by atoms with Gasteiger partial charge in [-0.1, -0.05) is 13.3 Å². The highest BCUT2D eigenvalue weighted by Crippen LogP contribution is 2.27. The Labute approximate surface area is 117 Å². The molecule has 0 aromatic carbocycles. The molecule has 0 aliphatic carbocycles. The number of carbonyl (C=O) groups is 2. The minimum atomic E-state index is -0.618.